The van der Waals surface area contributed by atoms with Crippen LogP contribution in [0.4, 0.5) is 10.1 Å². The van der Waals surface area contributed by atoms with E-state index in [0.717, 1.165) is 11.1 Å². The molecule has 0 unspecified atom stereocenters. The van der Waals surface area contributed by atoms with Gasteiger partial charge in [0.1, 0.15) is 17.2 Å². The Morgan fingerprint density at radius 2 is 1.61 bits per heavy atom. The number of anilines is 1. The van der Waals surface area contributed by atoms with E-state index in [2.05, 4.69) is 15.6 Å². The van der Waals surface area contributed by atoms with Gasteiger partial charge in [-0.25, -0.2) is 9.37 Å². The van der Waals surface area contributed by atoms with Gasteiger partial charge in [0.05, 0.1) is 0 Å². The van der Waals surface area contributed by atoms with E-state index in [1.54, 1.807) is 43.3 Å². The largest absolute Gasteiger partial charge is 0.347 e. The van der Waals surface area contributed by atoms with Crippen molar-refractivity contribution in [2.75, 3.05) is 5.32 Å². The summed E-state index contributed by atoms with van der Waals surface area (Å²) in [6.07, 6.45) is 0. The quantitative estimate of drug-likeness (QED) is 0.671. The van der Waals surface area contributed by atoms with Crippen LogP contribution in [0.2, 0.25) is 5.02 Å². The molecular formula is C21H17ClFN3O2. The van der Waals surface area contributed by atoms with Crippen molar-refractivity contribution in [1.82, 2.24) is 10.3 Å². The molecule has 28 heavy (non-hydrogen) atoms. The van der Waals surface area contributed by atoms with E-state index in [9.17, 15) is 14.0 Å². The van der Waals surface area contributed by atoms with Crippen molar-refractivity contribution in [3.8, 4) is 0 Å². The summed E-state index contributed by atoms with van der Waals surface area (Å²) in [6, 6.07) is 15.6. The van der Waals surface area contributed by atoms with Gasteiger partial charge in [0.2, 0.25) is 0 Å². The predicted molar refractivity (Wildman–Crippen MR) is 106 cm³/mol. The Morgan fingerprint density at radius 1 is 0.964 bits per heavy atom. The van der Waals surface area contributed by atoms with E-state index in [0.29, 0.717) is 10.7 Å². The molecule has 0 aliphatic rings. The monoisotopic (exact) mass is 397 g/mol. The van der Waals surface area contributed by atoms with Gasteiger partial charge in [-0.05, 0) is 54.4 Å². The highest BCUT2D eigenvalue weighted by Crippen LogP contribution is 2.23. The topological polar surface area (TPSA) is 71.1 Å². The van der Waals surface area contributed by atoms with Gasteiger partial charge >= 0.3 is 0 Å². The van der Waals surface area contributed by atoms with E-state index >= 15 is 0 Å². The average Bonchev–Trinajstić information content (AvgIpc) is 2.71. The summed E-state index contributed by atoms with van der Waals surface area (Å²) in [5, 5.41) is 5.98. The molecular weight excluding hydrogens is 381 g/mol. The lowest BCUT2D eigenvalue weighted by Crippen LogP contribution is -2.25. The van der Waals surface area contributed by atoms with Crippen molar-refractivity contribution < 1.29 is 14.0 Å². The van der Waals surface area contributed by atoms with Crippen LogP contribution in [0.25, 0.3) is 0 Å². The smallest absolute Gasteiger partial charge is 0.274 e. The maximum absolute atomic E-state index is 12.9. The van der Waals surface area contributed by atoms with Crippen LogP contribution in [-0.4, -0.2) is 16.8 Å². The Morgan fingerprint density at radius 3 is 2.32 bits per heavy atom. The van der Waals surface area contributed by atoms with Gasteiger partial charge in [-0.15, -0.1) is 0 Å². The van der Waals surface area contributed by atoms with Crippen LogP contribution in [0.3, 0.4) is 0 Å². The fourth-order valence-corrected chi connectivity index (χ4v) is 2.67. The number of rotatable bonds is 5. The highest BCUT2D eigenvalue weighted by Gasteiger charge is 2.14. The van der Waals surface area contributed by atoms with Gasteiger partial charge in [0.15, 0.2) is 0 Å². The zero-order chi connectivity index (χ0) is 20.1. The van der Waals surface area contributed by atoms with Crippen LogP contribution >= 0.6 is 11.6 Å². The maximum Gasteiger partial charge on any atom is 0.274 e. The zero-order valence-corrected chi connectivity index (χ0v) is 15.8. The number of halogens is 2. The van der Waals surface area contributed by atoms with Gasteiger partial charge < -0.3 is 10.6 Å². The standard InChI is InChI=1S/C21H17ClFN3O2/c1-13-16(22)4-2-5-17(13)26-21(28)19-7-3-6-18(25-19)20(27)24-12-14-8-10-15(23)11-9-14/h2-11H,12H2,1H3,(H,24,27)(H,26,28). The molecule has 7 heteroatoms. The molecule has 2 amide bonds. The predicted octanol–water partition coefficient (Wildman–Crippen LogP) is 4.36. The third-order valence-electron chi connectivity index (χ3n) is 4.10. The third-order valence-corrected chi connectivity index (χ3v) is 4.51. The van der Waals surface area contributed by atoms with Crippen LogP contribution in [0.5, 0.6) is 0 Å². The first-order valence-corrected chi connectivity index (χ1v) is 8.88. The first-order valence-electron chi connectivity index (χ1n) is 8.50. The molecule has 1 aromatic heterocycles. The lowest BCUT2D eigenvalue weighted by Gasteiger charge is -2.10. The Kier molecular flexibility index (Phi) is 6.01. The highest BCUT2D eigenvalue weighted by atomic mass is 35.5. The number of amides is 2. The molecule has 2 aromatic carbocycles. The molecule has 0 atom stereocenters. The summed E-state index contributed by atoms with van der Waals surface area (Å²) in [7, 11) is 0. The van der Waals surface area contributed by atoms with E-state index < -0.39 is 11.8 Å². The molecule has 0 saturated carbocycles. The van der Waals surface area contributed by atoms with E-state index in [-0.39, 0.29) is 23.7 Å². The summed E-state index contributed by atoms with van der Waals surface area (Å²) in [4.78, 5) is 28.9. The summed E-state index contributed by atoms with van der Waals surface area (Å²) < 4.78 is 12.9. The summed E-state index contributed by atoms with van der Waals surface area (Å²) >= 11 is 6.06. The van der Waals surface area contributed by atoms with Crippen molar-refractivity contribution in [2.45, 2.75) is 13.5 Å². The van der Waals surface area contributed by atoms with Crippen molar-refractivity contribution >= 4 is 29.1 Å². The molecule has 0 saturated heterocycles. The second kappa shape index (κ2) is 8.63. The van der Waals surface area contributed by atoms with Gasteiger partial charge in [-0.3, -0.25) is 9.59 Å². The third kappa shape index (κ3) is 4.72. The molecule has 0 spiro atoms. The van der Waals surface area contributed by atoms with Gasteiger partial charge in [0, 0.05) is 17.3 Å². The number of pyridine rings is 1. The molecule has 0 radical (unpaired) electrons. The lowest BCUT2D eigenvalue weighted by molar-refractivity contribution is 0.0945. The van der Waals surface area contributed by atoms with Crippen LogP contribution in [0.15, 0.2) is 60.7 Å². The number of carbonyl (C=O) groups excluding carboxylic acids is 2. The van der Waals surface area contributed by atoms with Gasteiger partial charge in [-0.2, -0.15) is 0 Å². The number of carbonyl (C=O) groups is 2. The summed E-state index contributed by atoms with van der Waals surface area (Å²) in [6.45, 7) is 2.02. The van der Waals surface area contributed by atoms with E-state index in [4.69, 9.17) is 11.6 Å². The minimum atomic E-state index is -0.446. The van der Waals surface area contributed by atoms with Gasteiger partial charge in [-0.1, -0.05) is 35.9 Å². The summed E-state index contributed by atoms with van der Waals surface area (Å²) in [5.41, 5.74) is 2.28. The van der Waals surface area contributed by atoms with E-state index in [1.807, 2.05) is 0 Å². The number of benzene rings is 2. The average molecular weight is 398 g/mol. The van der Waals surface area contributed by atoms with Crippen molar-refractivity contribution in [3.05, 3.63) is 94.0 Å². The second-order valence-electron chi connectivity index (χ2n) is 6.08. The van der Waals surface area contributed by atoms with Crippen molar-refractivity contribution in [3.63, 3.8) is 0 Å². The zero-order valence-electron chi connectivity index (χ0n) is 15.0. The molecule has 0 fully saturated rings. The Labute approximate surface area is 166 Å². The molecule has 1 heterocycles. The van der Waals surface area contributed by atoms with E-state index in [1.165, 1.54) is 24.3 Å². The molecule has 2 N–H and O–H groups in total. The number of nitrogens with zero attached hydrogens (tertiary/aromatic N) is 1. The lowest BCUT2D eigenvalue weighted by atomic mass is 10.2. The van der Waals surface area contributed by atoms with Crippen molar-refractivity contribution in [2.24, 2.45) is 0 Å². The molecule has 142 valence electrons. The SMILES string of the molecule is Cc1c(Cl)cccc1NC(=O)c1cccc(C(=O)NCc2ccc(F)cc2)n1. The second-order valence-corrected chi connectivity index (χ2v) is 6.49. The molecule has 3 aromatic rings. The fraction of sp³-hybridized carbons (Fsp3) is 0.0952. The van der Waals surface area contributed by atoms with Crippen molar-refractivity contribution in [1.29, 1.82) is 0 Å². The molecule has 0 aliphatic heterocycles. The number of nitrogens with one attached hydrogen (secondary N) is 2. The normalized spacial score (nSPS) is 10.4. The first kappa shape index (κ1) is 19.5. The minimum Gasteiger partial charge on any atom is -0.347 e. The molecule has 5 nitrogen and oxygen atoms in total. The molecule has 3 rings (SSSR count). The minimum absolute atomic E-state index is 0.105. The number of hydrogen-bond donors (Lipinski definition) is 2. The number of aromatic nitrogens is 1. The summed E-state index contributed by atoms with van der Waals surface area (Å²) in [5.74, 6) is -1.22. The Hall–Kier alpha value is -3.25. The Balaban J connectivity index is 1.68. The molecule has 0 aliphatic carbocycles. The maximum atomic E-state index is 12.9. The Bertz CT molecular complexity index is 1020. The fourth-order valence-electron chi connectivity index (χ4n) is 2.49. The van der Waals surface area contributed by atoms with Crippen LogP contribution in [-0.2, 0) is 6.54 Å². The molecule has 0 bridgehead atoms. The number of hydrogen-bond acceptors (Lipinski definition) is 3. The van der Waals surface area contributed by atoms with Gasteiger partial charge in [0.25, 0.3) is 11.8 Å². The highest BCUT2D eigenvalue weighted by molar-refractivity contribution is 6.31. The van der Waals surface area contributed by atoms with Crippen LogP contribution in [0, 0.1) is 12.7 Å². The van der Waals surface area contributed by atoms with Crippen LogP contribution < -0.4 is 10.6 Å². The van der Waals surface area contributed by atoms with Crippen LogP contribution in [0.1, 0.15) is 32.1 Å². The first-order chi connectivity index (χ1) is 13.4.